The molecule has 1 N–H and O–H groups in total. The number of anilines is 2. The summed E-state index contributed by atoms with van der Waals surface area (Å²) < 4.78 is 29.7. The van der Waals surface area contributed by atoms with Gasteiger partial charge in [0, 0.05) is 30.6 Å². The number of likely N-dealkylation sites (N-methyl/N-ethyl adjacent to an activating group) is 1. The second kappa shape index (κ2) is 10.6. The van der Waals surface area contributed by atoms with Gasteiger partial charge in [-0.15, -0.1) is 0 Å². The van der Waals surface area contributed by atoms with Crippen LogP contribution in [0, 0.1) is 5.82 Å². The zero-order valence-corrected chi connectivity index (χ0v) is 20.1. The summed E-state index contributed by atoms with van der Waals surface area (Å²) in [5.41, 5.74) is 1.53. The fourth-order valence-corrected chi connectivity index (χ4v) is 3.44. The number of aromatic nitrogens is 2. The van der Waals surface area contributed by atoms with Crippen LogP contribution < -0.4 is 14.8 Å². The fourth-order valence-electron chi connectivity index (χ4n) is 3.28. The molecule has 0 unspecified atom stereocenters. The lowest BCUT2D eigenvalue weighted by Gasteiger charge is -2.24. The number of ether oxygens (including phenoxy) is 3. The highest BCUT2D eigenvalue weighted by molar-refractivity contribution is 6.31. The zero-order valence-electron chi connectivity index (χ0n) is 19.3. The van der Waals surface area contributed by atoms with E-state index >= 15 is 0 Å². The molecule has 3 rings (SSSR count). The molecule has 34 heavy (non-hydrogen) atoms. The molecule has 3 aromatic rings. The molecule has 2 aromatic carbocycles. The van der Waals surface area contributed by atoms with Crippen molar-refractivity contribution in [1.82, 2.24) is 14.9 Å². The third-order valence-electron chi connectivity index (χ3n) is 5.20. The van der Waals surface area contributed by atoms with Gasteiger partial charge in [-0.05, 0) is 37.7 Å². The first-order chi connectivity index (χ1) is 16.1. The van der Waals surface area contributed by atoms with Gasteiger partial charge in [0.1, 0.15) is 24.0 Å². The van der Waals surface area contributed by atoms with Crippen molar-refractivity contribution >= 4 is 45.9 Å². The van der Waals surface area contributed by atoms with Crippen LogP contribution in [0.2, 0.25) is 5.02 Å². The molecule has 0 spiro atoms. The average molecular weight is 491 g/mol. The van der Waals surface area contributed by atoms with Crippen LogP contribution in [-0.4, -0.2) is 54.1 Å². The molecule has 0 radical (unpaired) electrons. The van der Waals surface area contributed by atoms with E-state index in [-0.39, 0.29) is 17.3 Å². The van der Waals surface area contributed by atoms with Gasteiger partial charge in [-0.2, -0.15) is 0 Å². The van der Waals surface area contributed by atoms with Crippen molar-refractivity contribution in [2.45, 2.75) is 26.4 Å². The first-order valence-corrected chi connectivity index (χ1v) is 10.6. The molecule has 11 heteroatoms. The van der Waals surface area contributed by atoms with Gasteiger partial charge in [0.25, 0.3) is 0 Å². The van der Waals surface area contributed by atoms with Gasteiger partial charge in [-0.25, -0.2) is 14.4 Å². The minimum absolute atomic E-state index is 0.0875. The molecular weight excluding hydrogens is 467 g/mol. The molecule has 0 saturated carbocycles. The van der Waals surface area contributed by atoms with E-state index in [2.05, 4.69) is 15.3 Å². The first-order valence-electron chi connectivity index (χ1n) is 10.2. The van der Waals surface area contributed by atoms with Crippen LogP contribution in [-0.2, 0) is 20.9 Å². The molecule has 1 atom stereocenters. The molecule has 1 aromatic heterocycles. The average Bonchev–Trinajstić information content (AvgIpc) is 2.80. The van der Waals surface area contributed by atoms with Gasteiger partial charge in [0.2, 0.25) is 0 Å². The highest BCUT2D eigenvalue weighted by Gasteiger charge is 2.21. The van der Waals surface area contributed by atoms with E-state index in [0.29, 0.717) is 33.7 Å². The number of nitrogens with zero attached hydrogens (tertiary/aromatic N) is 3. The van der Waals surface area contributed by atoms with E-state index in [1.807, 2.05) is 0 Å². The van der Waals surface area contributed by atoms with Crippen molar-refractivity contribution in [1.29, 1.82) is 0 Å². The second-order valence-electron chi connectivity index (χ2n) is 7.50. The predicted octanol–water partition coefficient (Wildman–Crippen LogP) is 4.09. The molecule has 0 saturated heterocycles. The molecular formula is C23H24ClFN4O5. The Morgan fingerprint density at radius 3 is 2.56 bits per heavy atom. The lowest BCUT2D eigenvalue weighted by Crippen LogP contribution is -2.36. The molecule has 1 heterocycles. The fraction of sp³-hybridized carbons (Fsp3) is 0.304. The van der Waals surface area contributed by atoms with Crippen molar-refractivity contribution in [2.75, 3.05) is 26.6 Å². The van der Waals surface area contributed by atoms with Crippen LogP contribution >= 0.6 is 11.6 Å². The third-order valence-corrected chi connectivity index (χ3v) is 5.49. The highest BCUT2D eigenvalue weighted by Crippen LogP contribution is 2.36. The SMILES string of the molecule is COC(=O)[C@@H](C)N(C)Cc1cc(F)c(Cl)cc1Nc1ncnc2cc(OC)c(OC(C)=O)cc12. The monoisotopic (exact) mass is 490 g/mol. The number of methoxy groups -OCH3 is 2. The molecule has 0 fully saturated rings. The Morgan fingerprint density at radius 1 is 1.18 bits per heavy atom. The lowest BCUT2D eigenvalue weighted by atomic mass is 10.1. The number of rotatable bonds is 8. The number of nitrogens with one attached hydrogen (secondary N) is 1. The Balaban J connectivity index is 2.04. The van der Waals surface area contributed by atoms with Crippen molar-refractivity contribution in [3.63, 3.8) is 0 Å². The van der Waals surface area contributed by atoms with Crippen LogP contribution in [0.1, 0.15) is 19.4 Å². The van der Waals surface area contributed by atoms with E-state index in [9.17, 15) is 14.0 Å². The summed E-state index contributed by atoms with van der Waals surface area (Å²) in [4.78, 5) is 33.7. The van der Waals surface area contributed by atoms with Crippen molar-refractivity contribution in [3.8, 4) is 11.5 Å². The van der Waals surface area contributed by atoms with Crippen LogP contribution in [0.4, 0.5) is 15.9 Å². The normalized spacial score (nSPS) is 11.9. The summed E-state index contributed by atoms with van der Waals surface area (Å²) in [6.07, 6.45) is 1.35. The summed E-state index contributed by atoms with van der Waals surface area (Å²) in [6, 6.07) is 5.36. The maximum Gasteiger partial charge on any atom is 0.322 e. The van der Waals surface area contributed by atoms with Crippen molar-refractivity contribution < 1.29 is 28.2 Å². The Hall–Kier alpha value is -3.50. The van der Waals surface area contributed by atoms with Crippen LogP contribution in [0.25, 0.3) is 10.9 Å². The molecule has 0 aliphatic carbocycles. The van der Waals surface area contributed by atoms with Gasteiger partial charge in [-0.1, -0.05) is 11.6 Å². The molecule has 0 amide bonds. The predicted molar refractivity (Wildman–Crippen MR) is 125 cm³/mol. The number of esters is 2. The number of carbonyl (C=O) groups excluding carboxylic acids is 2. The topological polar surface area (TPSA) is 103 Å². The van der Waals surface area contributed by atoms with Gasteiger partial charge >= 0.3 is 11.9 Å². The maximum atomic E-state index is 14.3. The largest absolute Gasteiger partial charge is 0.493 e. The van der Waals surface area contributed by atoms with E-state index in [1.165, 1.54) is 39.6 Å². The van der Waals surface area contributed by atoms with Gasteiger partial charge in [0.05, 0.1) is 24.8 Å². The molecule has 180 valence electrons. The van der Waals surface area contributed by atoms with Crippen molar-refractivity contribution in [2.24, 2.45) is 0 Å². The van der Waals surface area contributed by atoms with Gasteiger partial charge < -0.3 is 19.5 Å². The number of hydrogen-bond acceptors (Lipinski definition) is 9. The number of halogens is 2. The molecule has 0 aliphatic rings. The zero-order chi connectivity index (χ0) is 25.0. The van der Waals surface area contributed by atoms with Crippen LogP contribution in [0.5, 0.6) is 11.5 Å². The summed E-state index contributed by atoms with van der Waals surface area (Å²) >= 11 is 6.05. The molecule has 0 bridgehead atoms. The second-order valence-corrected chi connectivity index (χ2v) is 7.91. The van der Waals surface area contributed by atoms with Gasteiger partial charge in [-0.3, -0.25) is 14.5 Å². The highest BCUT2D eigenvalue weighted by atomic mass is 35.5. The minimum atomic E-state index is -0.601. The van der Waals surface area contributed by atoms with E-state index in [4.69, 9.17) is 25.8 Å². The van der Waals surface area contributed by atoms with Gasteiger partial charge in [0.15, 0.2) is 11.5 Å². The Labute approximate surface area is 200 Å². The number of carbonyl (C=O) groups is 2. The van der Waals surface area contributed by atoms with E-state index in [0.717, 1.165) is 0 Å². The van der Waals surface area contributed by atoms with Crippen LogP contribution in [0.15, 0.2) is 30.6 Å². The minimum Gasteiger partial charge on any atom is -0.493 e. The Morgan fingerprint density at radius 2 is 1.91 bits per heavy atom. The summed E-state index contributed by atoms with van der Waals surface area (Å²) in [5, 5.41) is 3.61. The summed E-state index contributed by atoms with van der Waals surface area (Å²) in [7, 11) is 4.48. The maximum absolute atomic E-state index is 14.3. The Bertz CT molecular complexity index is 1240. The molecule has 9 nitrogen and oxygen atoms in total. The summed E-state index contributed by atoms with van der Waals surface area (Å²) in [5.74, 6) is -0.635. The number of hydrogen-bond donors (Lipinski definition) is 1. The first kappa shape index (κ1) is 25.1. The van der Waals surface area contributed by atoms with E-state index in [1.54, 1.807) is 31.0 Å². The molecule has 0 aliphatic heterocycles. The standard InChI is InChI=1S/C23H24ClFN4O5/c1-12(23(31)33-5)29(3)10-14-6-17(25)16(24)8-18(14)28-22-15-7-21(34-13(2)30)20(32-4)9-19(15)26-11-27-22/h6-9,11-12H,10H2,1-5H3,(H,26,27,28)/t12-/m1/s1. The quantitative estimate of drug-likeness (QED) is 0.369. The number of fused-ring (bicyclic) bond motifs is 1. The van der Waals surface area contributed by atoms with E-state index < -0.39 is 23.8 Å². The lowest BCUT2D eigenvalue weighted by molar-refractivity contribution is -0.146. The Kier molecular flexibility index (Phi) is 7.85. The summed E-state index contributed by atoms with van der Waals surface area (Å²) in [6.45, 7) is 3.18. The third kappa shape index (κ3) is 5.52. The number of benzene rings is 2. The van der Waals surface area contributed by atoms with Crippen molar-refractivity contribution in [3.05, 3.63) is 47.0 Å². The van der Waals surface area contributed by atoms with Crippen LogP contribution in [0.3, 0.4) is 0 Å². The smallest absolute Gasteiger partial charge is 0.322 e.